The van der Waals surface area contributed by atoms with Crippen molar-refractivity contribution in [2.24, 2.45) is 13.0 Å². The fourth-order valence-electron chi connectivity index (χ4n) is 4.68. The van der Waals surface area contributed by atoms with E-state index in [1.165, 1.54) is 48.1 Å². The Balaban J connectivity index is 2.15. The third kappa shape index (κ3) is 4.67. The Labute approximate surface area is 169 Å². The Kier molecular flexibility index (Phi) is 6.20. The van der Waals surface area contributed by atoms with E-state index in [0.717, 1.165) is 12.3 Å². The number of hydrogen-bond donors (Lipinski definition) is 0. The van der Waals surface area contributed by atoms with Gasteiger partial charge in [-0.1, -0.05) is 0 Å². The van der Waals surface area contributed by atoms with Crippen LogP contribution in [0.4, 0.5) is 0 Å². The molecule has 1 aliphatic carbocycles. The van der Waals surface area contributed by atoms with Gasteiger partial charge in [-0.15, -0.1) is 0 Å². The van der Waals surface area contributed by atoms with Crippen LogP contribution in [0.2, 0.25) is 17.3 Å². The molecule has 0 unspecified atom stereocenters. The summed E-state index contributed by atoms with van der Waals surface area (Å²) in [6.45, 7) is 6.88. The van der Waals surface area contributed by atoms with Crippen LogP contribution in [0.3, 0.4) is 0 Å². The van der Waals surface area contributed by atoms with Gasteiger partial charge >= 0.3 is 170 Å². The van der Waals surface area contributed by atoms with Crippen molar-refractivity contribution < 1.29 is 4.57 Å². The molecule has 0 radical (unpaired) electrons. The number of rotatable bonds is 5. The van der Waals surface area contributed by atoms with Crippen LogP contribution in [0.1, 0.15) is 62.1 Å². The molecule has 1 aromatic carbocycles. The number of benzene rings is 1. The van der Waals surface area contributed by atoms with Crippen LogP contribution in [-0.4, -0.2) is 13.3 Å². The third-order valence-electron chi connectivity index (χ3n) is 6.13. The van der Waals surface area contributed by atoms with Crippen molar-refractivity contribution in [1.82, 2.24) is 0 Å². The summed E-state index contributed by atoms with van der Waals surface area (Å²) in [5.74, 6) is 9.11. The van der Waals surface area contributed by atoms with Crippen molar-refractivity contribution in [3.63, 3.8) is 0 Å². The van der Waals surface area contributed by atoms with Gasteiger partial charge in [-0.05, 0) is 0 Å². The molecular formula is C25H38GeN+. The monoisotopic (exact) mass is 426 g/mol. The van der Waals surface area contributed by atoms with Crippen molar-refractivity contribution in [3.8, 4) is 11.3 Å². The summed E-state index contributed by atoms with van der Waals surface area (Å²) in [5.41, 5.74) is 7.35. The Hall–Kier alpha value is -1.09. The number of nitrogens with zero attached hydrogens (tertiary/aromatic N) is 1. The van der Waals surface area contributed by atoms with Crippen LogP contribution in [0.5, 0.6) is 0 Å². The van der Waals surface area contributed by atoms with E-state index in [2.05, 4.69) is 80.1 Å². The van der Waals surface area contributed by atoms with Crippen molar-refractivity contribution in [2.75, 3.05) is 0 Å². The third-order valence-corrected chi connectivity index (χ3v) is 10.4. The molecule has 0 saturated heterocycles. The van der Waals surface area contributed by atoms with E-state index in [0.29, 0.717) is 5.92 Å². The van der Waals surface area contributed by atoms with Crippen LogP contribution >= 0.6 is 0 Å². The van der Waals surface area contributed by atoms with Crippen LogP contribution in [0, 0.1) is 12.8 Å². The van der Waals surface area contributed by atoms with Crippen LogP contribution in [-0.2, 0) is 13.5 Å². The minimum atomic E-state index is -1.91. The summed E-state index contributed by atoms with van der Waals surface area (Å²) < 4.78 is 4.12. The molecule has 1 heterocycles. The molecule has 146 valence electrons. The standard InChI is InChI=1S/C25H38GeN/c1-18(2)14-20-13-12-19(3)22(15-20)25-16-23(21-10-8-9-11-21)24(17-27(25)7)26(4,5)6/h12-13,15-18,21H,8-11,14H2,1-7H3/q+1. The molecule has 27 heavy (non-hydrogen) atoms. The van der Waals surface area contributed by atoms with E-state index >= 15 is 0 Å². The van der Waals surface area contributed by atoms with E-state index in [1.54, 1.807) is 9.96 Å². The topological polar surface area (TPSA) is 3.88 Å². The summed E-state index contributed by atoms with van der Waals surface area (Å²) in [5, 5.41) is 0. The van der Waals surface area contributed by atoms with Gasteiger partial charge in [0.2, 0.25) is 0 Å². The Morgan fingerprint density at radius 1 is 1.07 bits per heavy atom. The van der Waals surface area contributed by atoms with Gasteiger partial charge in [0.15, 0.2) is 0 Å². The van der Waals surface area contributed by atoms with Gasteiger partial charge in [0.1, 0.15) is 0 Å². The van der Waals surface area contributed by atoms with Crippen LogP contribution < -0.4 is 8.96 Å². The van der Waals surface area contributed by atoms with Crippen molar-refractivity contribution >= 4 is 17.7 Å². The predicted molar refractivity (Wildman–Crippen MR) is 121 cm³/mol. The van der Waals surface area contributed by atoms with E-state index in [4.69, 9.17) is 0 Å². The van der Waals surface area contributed by atoms with E-state index in [1.807, 2.05) is 0 Å². The quantitative estimate of drug-likeness (QED) is 0.416. The minimum absolute atomic E-state index is 0.694. The van der Waals surface area contributed by atoms with E-state index in [-0.39, 0.29) is 0 Å². The summed E-state index contributed by atoms with van der Waals surface area (Å²) >= 11 is -1.91. The molecule has 0 bridgehead atoms. The molecular weight excluding hydrogens is 387 g/mol. The van der Waals surface area contributed by atoms with Gasteiger partial charge in [-0.3, -0.25) is 0 Å². The van der Waals surface area contributed by atoms with Gasteiger partial charge in [0.25, 0.3) is 0 Å². The molecule has 1 aromatic heterocycles. The average molecular weight is 425 g/mol. The van der Waals surface area contributed by atoms with Gasteiger partial charge < -0.3 is 0 Å². The predicted octanol–water partition coefficient (Wildman–Crippen LogP) is 5.89. The normalized spacial score (nSPS) is 15.7. The van der Waals surface area contributed by atoms with Crippen molar-refractivity contribution in [2.45, 2.75) is 76.1 Å². The molecule has 1 aliphatic rings. The number of pyridine rings is 1. The number of aryl methyl sites for hydroxylation is 2. The van der Waals surface area contributed by atoms with Crippen LogP contribution in [0.25, 0.3) is 11.3 Å². The second-order valence-corrected chi connectivity index (χ2v) is 20.7. The average Bonchev–Trinajstić information content (AvgIpc) is 3.10. The zero-order valence-electron chi connectivity index (χ0n) is 18.5. The second kappa shape index (κ2) is 8.11. The Morgan fingerprint density at radius 3 is 2.33 bits per heavy atom. The molecule has 1 nitrogen and oxygen atoms in total. The molecule has 3 rings (SSSR count). The van der Waals surface area contributed by atoms with Gasteiger partial charge in [-0.25, -0.2) is 0 Å². The van der Waals surface area contributed by atoms with Gasteiger partial charge in [0.05, 0.1) is 0 Å². The zero-order valence-corrected chi connectivity index (χ0v) is 20.6. The molecule has 0 spiro atoms. The SMILES string of the molecule is Cc1ccc(CC(C)C)cc1-c1cc(C2CCCC2)[c]([Ge]([CH3])([CH3])[CH3])c[n+]1C. The molecule has 1 fully saturated rings. The molecule has 2 heteroatoms. The Bertz CT molecular complexity index is 808. The number of hydrogen-bond acceptors (Lipinski definition) is 0. The van der Waals surface area contributed by atoms with Crippen LogP contribution in [0.15, 0.2) is 30.5 Å². The fraction of sp³-hybridized carbons (Fsp3) is 0.560. The summed E-state index contributed by atoms with van der Waals surface area (Å²) in [6.07, 6.45) is 9.22. The summed E-state index contributed by atoms with van der Waals surface area (Å²) in [4.78, 5) is 0. The first-order valence-electron chi connectivity index (χ1n) is 10.8. The first-order valence-corrected chi connectivity index (χ1v) is 18.1. The fourth-order valence-corrected chi connectivity index (χ4v) is 8.29. The molecule has 0 atom stereocenters. The second-order valence-electron chi connectivity index (χ2n) is 10.1. The molecule has 0 aliphatic heterocycles. The first-order chi connectivity index (χ1) is 12.7. The molecule has 2 aromatic rings. The maximum atomic E-state index is 2.57. The molecule has 0 amide bonds. The summed E-state index contributed by atoms with van der Waals surface area (Å²) in [7, 11) is 2.25. The number of aromatic nitrogens is 1. The maximum absolute atomic E-state index is 2.57. The summed E-state index contributed by atoms with van der Waals surface area (Å²) in [6, 6.07) is 9.65. The zero-order chi connectivity index (χ0) is 19.8. The van der Waals surface area contributed by atoms with Gasteiger partial charge in [0, 0.05) is 0 Å². The molecule has 0 N–H and O–H groups in total. The Morgan fingerprint density at radius 2 is 1.74 bits per heavy atom. The first kappa shape index (κ1) is 20.6. The van der Waals surface area contributed by atoms with Crippen molar-refractivity contribution in [3.05, 3.63) is 47.2 Å². The van der Waals surface area contributed by atoms with Crippen molar-refractivity contribution in [1.29, 1.82) is 0 Å². The van der Waals surface area contributed by atoms with Gasteiger partial charge in [-0.2, -0.15) is 0 Å². The van der Waals surface area contributed by atoms with E-state index < -0.39 is 13.3 Å². The van der Waals surface area contributed by atoms with E-state index in [9.17, 15) is 0 Å². The molecule has 1 saturated carbocycles.